The summed E-state index contributed by atoms with van der Waals surface area (Å²) in [7, 11) is 0. The van der Waals surface area contributed by atoms with Gasteiger partial charge in [-0.15, -0.1) is 0 Å². The fourth-order valence-corrected chi connectivity index (χ4v) is 3.30. The lowest BCUT2D eigenvalue weighted by molar-refractivity contribution is -0.143. The molecule has 13 heteroatoms. The van der Waals surface area contributed by atoms with Crippen LogP contribution in [0.3, 0.4) is 0 Å². The second kappa shape index (κ2) is 15.2. The fraction of sp³-hybridized carbons (Fsp3) is 0.500. The number of hydrogen-bond donors (Lipinski definition) is 7. The van der Waals surface area contributed by atoms with Crippen molar-refractivity contribution in [1.82, 2.24) is 16.0 Å². The van der Waals surface area contributed by atoms with Gasteiger partial charge in [0, 0.05) is 12.8 Å². The van der Waals surface area contributed by atoms with E-state index in [0.29, 0.717) is 12.0 Å². The third-order valence-electron chi connectivity index (χ3n) is 5.75. The summed E-state index contributed by atoms with van der Waals surface area (Å²) in [6, 6.07) is 2.90. The molecule has 0 saturated heterocycles. The number of carbonyl (C=O) groups excluding carboxylic acids is 3. The van der Waals surface area contributed by atoms with E-state index in [1.165, 1.54) is 0 Å². The van der Waals surface area contributed by atoms with Crippen molar-refractivity contribution in [3.05, 3.63) is 35.9 Å². The number of carbonyl (C=O) groups is 6. The lowest BCUT2D eigenvalue weighted by atomic mass is 9.99. The lowest BCUT2D eigenvalue weighted by Gasteiger charge is -2.25. The Hall–Kier alpha value is -4.00. The summed E-state index contributed by atoms with van der Waals surface area (Å²) in [4.78, 5) is 72.3. The first-order chi connectivity index (χ1) is 17.3. The zero-order valence-corrected chi connectivity index (χ0v) is 20.7. The van der Waals surface area contributed by atoms with E-state index in [1.807, 2.05) is 0 Å². The van der Waals surface area contributed by atoms with Crippen LogP contribution >= 0.6 is 0 Å². The minimum absolute atomic E-state index is 0.0767. The van der Waals surface area contributed by atoms with Crippen LogP contribution in [0.1, 0.15) is 45.1 Å². The van der Waals surface area contributed by atoms with Gasteiger partial charge in [0.2, 0.25) is 17.7 Å². The largest absolute Gasteiger partial charge is 0.481 e. The zero-order valence-electron chi connectivity index (χ0n) is 20.7. The number of amides is 3. The molecule has 0 aromatic heterocycles. The number of nitrogens with one attached hydrogen (secondary N) is 3. The molecule has 1 aromatic rings. The highest BCUT2D eigenvalue weighted by Gasteiger charge is 2.32. The standard InChI is InChI=1S/C24H34N4O9/c1-3-13(2)20(25)23(35)27-16(12-19(31)32)22(34)26-15(9-10-18(29)30)21(33)28-17(24(36)37)11-14-7-5-4-6-8-14/h4-8,13,15-17,20H,3,9-12,25H2,1-2H3,(H,26,34)(H,27,35)(H,28,33)(H,29,30)(H,31,32)(H,36,37). The molecule has 8 N–H and O–H groups in total. The maximum Gasteiger partial charge on any atom is 0.326 e. The number of benzene rings is 1. The van der Waals surface area contributed by atoms with Crippen LogP contribution in [0.15, 0.2) is 30.3 Å². The number of aliphatic carboxylic acids is 3. The van der Waals surface area contributed by atoms with Crippen LogP contribution in [0.5, 0.6) is 0 Å². The Morgan fingerprint density at radius 3 is 1.86 bits per heavy atom. The van der Waals surface area contributed by atoms with Crippen molar-refractivity contribution in [2.45, 2.75) is 70.1 Å². The van der Waals surface area contributed by atoms with Crippen LogP contribution in [0, 0.1) is 5.92 Å². The first-order valence-electron chi connectivity index (χ1n) is 11.7. The normalized spacial score (nSPS) is 14.8. The number of hydrogen-bond acceptors (Lipinski definition) is 7. The first-order valence-corrected chi connectivity index (χ1v) is 11.7. The van der Waals surface area contributed by atoms with Gasteiger partial charge in [-0.25, -0.2) is 4.79 Å². The van der Waals surface area contributed by atoms with Crippen LogP contribution < -0.4 is 21.7 Å². The molecule has 0 radical (unpaired) electrons. The Morgan fingerprint density at radius 2 is 1.35 bits per heavy atom. The molecule has 0 aliphatic rings. The number of nitrogens with two attached hydrogens (primary N) is 1. The third-order valence-corrected chi connectivity index (χ3v) is 5.75. The van der Waals surface area contributed by atoms with Crippen LogP contribution in [-0.2, 0) is 35.2 Å². The molecular formula is C24H34N4O9. The van der Waals surface area contributed by atoms with Gasteiger partial charge in [0.05, 0.1) is 12.5 Å². The Labute approximate surface area is 213 Å². The van der Waals surface area contributed by atoms with Crippen LogP contribution in [0.4, 0.5) is 0 Å². The summed E-state index contributed by atoms with van der Waals surface area (Å²) in [6.45, 7) is 3.50. The second-order valence-corrected chi connectivity index (χ2v) is 8.65. The molecule has 3 amide bonds. The smallest absolute Gasteiger partial charge is 0.326 e. The maximum atomic E-state index is 12.9. The molecule has 5 unspecified atom stereocenters. The molecule has 37 heavy (non-hydrogen) atoms. The zero-order chi connectivity index (χ0) is 28.1. The van der Waals surface area contributed by atoms with Gasteiger partial charge in [0.15, 0.2) is 0 Å². The van der Waals surface area contributed by atoms with E-state index in [4.69, 9.17) is 10.8 Å². The predicted octanol–water partition coefficient (Wildman–Crippen LogP) is -0.519. The van der Waals surface area contributed by atoms with E-state index in [-0.39, 0.29) is 12.3 Å². The summed E-state index contributed by atoms with van der Waals surface area (Å²) >= 11 is 0. The number of rotatable bonds is 16. The quantitative estimate of drug-likeness (QED) is 0.147. The van der Waals surface area contributed by atoms with Gasteiger partial charge < -0.3 is 37.0 Å². The molecule has 13 nitrogen and oxygen atoms in total. The highest BCUT2D eigenvalue weighted by atomic mass is 16.4. The van der Waals surface area contributed by atoms with Crippen molar-refractivity contribution in [1.29, 1.82) is 0 Å². The molecule has 1 aromatic carbocycles. The highest BCUT2D eigenvalue weighted by molar-refractivity contribution is 5.95. The van der Waals surface area contributed by atoms with Gasteiger partial charge in [0.25, 0.3) is 0 Å². The summed E-state index contributed by atoms with van der Waals surface area (Å²) in [5.74, 6) is -7.12. The monoisotopic (exact) mass is 522 g/mol. The molecule has 0 saturated carbocycles. The van der Waals surface area contributed by atoms with Gasteiger partial charge >= 0.3 is 17.9 Å². The Bertz CT molecular complexity index is 970. The Kier molecular flexibility index (Phi) is 12.7. The first kappa shape index (κ1) is 31.0. The van der Waals surface area contributed by atoms with E-state index < -0.39 is 79.1 Å². The molecule has 0 heterocycles. The SMILES string of the molecule is CCC(C)C(N)C(=O)NC(CC(=O)O)C(=O)NC(CCC(=O)O)C(=O)NC(Cc1ccccc1)C(=O)O. The topological polar surface area (TPSA) is 225 Å². The molecule has 0 aliphatic carbocycles. The maximum absolute atomic E-state index is 12.9. The van der Waals surface area contributed by atoms with Crippen LogP contribution in [0.2, 0.25) is 0 Å². The fourth-order valence-electron chi connectivity index (χ4n) is 3.30. The third kappa shape index (κ3) is 11.1. The van der Waals surface area contributed by atoms with Crippen molar-refractivity contribution in [3.8, 4) is 0 Å². The van der Waals surface area contributed by atoms with Gasteiger partial charge in [-0.05, 0) is 17.9 Å². The summed E-state index contributed by atoms with van der Waals surface area (Å²) in [5.41, 5.74) is 6.47. The molecule has 0 spiro atoms. The number of carboxylic acid groups (broad SMARTS) is 3. The molecule has 0 fully saturated rings. The Morgan fingerprint density at radius 1 is 0.811 bits per heavy atom. The van der Waals surface area contributed by atoms with Gasteiger partial charge in [-0.3, -0.25) is 24.0 Å². The number of carboxylic acids is 3. The summed E-state index contributed by atoms with van der Waals surface area (Å²) in [5, 5.41) is 34.6. The van der Waals surface area contributed by atoms with Gasteiger partial charge in [0.1, 0.15) is 18.1 Å². The lowest BCUT2D eigenvalue weighted by Crippen LogP contribution is -2.58. The summed E-state index contributed by atoms with van der Waals surface area (Å²) in [6.07, 6.45) is -1.32. The molecule has 1 rings (SSSR count). The Balaban J connectivity index is 3.06. The van der Waals surface area contributed by atoms with Crippen molar-refractivity contribution in [2.24, 2.45) is 11.7 Å². The molecule has 5 atom stereocenters. The molecule has 0 aliphatic heterocycles. The van der Waals surface area contributed by atoms with E-state index >= 15 is 0 Å². The van der Waals surface area contributed by atoms with Crippen LogP contribution in [-0.4, -0.2) is 75.1 Å². The van der Waals surface area contributed by atoms with Gasteiger partial charge in [-0.1, -0.05) is 50.6 Å². The molecular weight excluding hydrogens is 488 g/mol. The van der Waals surface area contributed by atoms with Crippen molar-refractivity contribution in [3.63, 3.8) is 0 Å². The molecule has 0 bridgehead atoms. The second-order valence-electron chi connectivity index (χ2n) is 8.65. The average Bonchev–Trinajstić information content (AvgIpc) is 2.84. The minimum Gasteiger partial charge on any atom is -0.481 e. The van der Waals surface area contributed by atoms with Crippen LogP contribution in [0.25, 0.3) is 0 Å². The average molecular weight is 523 g/mol. The van der Waals surface area contributed by atoms with Crippen molar-refractivity contribution in [2.75, 3.05) is 0 Å². The van der Waals surface area contributed by atoms with E-state index in [9.17, 15) is 39.0 Å². The van der Waals surface area contributed by atoms with E-state index in [1.54, 1.807) is 44.2 Å². The minimum atomic E-state index is -1.61. The molecule has 204 valence electrons. The predicted molar refractivity (Wildman–Crippen MR) is 130 cm³/mol. The van der Waals surface area contributed by atoms with E-state index in [0.717, 1.165) is 0 Å². The van der Waals surface area contributed by atoms with Gasteiger partial charge in [-0.2, -0.15) is 0 Å². The van der Waals surface area contributed by atoms with E-state index in [2.05, 4.69) is 16.0 Å². The van der Waals surface area contributed by atoms with Crippen molar-refractivity contribution < 1.29 is 44.1 Å². The summed E-state index contributed by atoms with van der Waals surface area (Å²) < 4.78 is 0. The highest BCUT2D eigenvalue weighted by Crippen LogP contribution is 2.08. The van der Waals surface area contributed by atoms with Crippen molar-refractivity contribution >= 4 is 35.6 Å².